The van der Waals surface area contributed by atoms with Crippen LogP contribution in [-0.2, 0) is 4.79 Å². The summed E-state index contributed by atoms with van der Waals surface area (Å²) in [7, 11) is 0. The molecule has 0 aliphatic carbocycles. The van der Waals surface area contributed by atoms with Crippen molar-refractivity contribution in [3.05, 3.63) is 75.5 Å². The maximum Gasteiger partial charge on any atom is 0.267 e. The van der Waals surface area contributed by atoms with Crippen LogP contribution < -0.4 is 14.8 Å². The minimum Gasteiger partial charge on any atom is -0.490 e. The number of hydrogen-bond acceptors (Lipinski definition) is 6. The minimum atomic E-state index is -0.597. The van der Waals surface area contributed by atoms with Crippen LogP contribution in [0, 0.1) is 32.1 Å². The normalized spacial score (nSPS) is 11.0. The standard InChI is InChI=1S/C24H22ClN3O4/c1-15-4-6-20(10-16(15)2)30-8-9-31-22-7-5-18(13-21(22)25)12-19(14-26)24(29)27-23-11-17(3)32-28-23/h4-7,10-13H,8-9H2,1-3H3,(H,27,28,29)/b19-12-. The van der Waals surface area contributed by atoms with Crippen LogP contribution >= 0.6 is 11.6 Å². The van der Waals surface area contributed by atoms with Crippen LogP contribution in [0.5, 0.6) is 11.5 Å². The molecule has 1 heterocycles. The molecule has 3 aromatic rings. The Labute approximate surface area is 191 Å². The van der Waals surface area contributed by atoms with Gasteiger partial charge in [-0.25, -0.2) is 0 Å². The number of ether oxygens (including phenoxy) is 2. The largest absolute Gasteiger partial charge is 0.490 e. The zero-order valence-electron chi connectivity index (χ0n) is 17.9. The molecule has 0 saturated heterocycles. The van der Waals surface area contributed by atoms with Gasteiger partial charge < -0.3 is 19.3 Å². The highest BCUT2D eigenvalue weighted by Crippen LogP contribution is 2.27. The van der Waals surface area contributed by atoms with Crippen LogP contribution in [0.2, 0.25) is 5.02 Å². The number of hydrogen-bond donors (Lipinski definition) is 1. The van der Waals surface area contributed by atoms with Gasteiger partial charge in [0.05, 0.1) is 5.02 Å². The molecule has 1 N–H and O–H groups in total. The van der Waals surface area contributed by atoms with Crippen LogP contribution in [-0.4, -0.2) is 24.3 Å². The van der Waals surface area contributed by atoms with E-state index >= 15 is 0 Å². The highest BCUT2D eigenvalue weighted by atomic mass is 35.5. The Bertz CT molecular complexity index is 1190. The molecule has 2 aromatic carbocycles. The summed E-state index contributed by atoms with van der Waals surface area (Å²) in [6.07, 6.45) is 1.43. The van der Waals surface area contributed by atoms with Gasteiger partial charge in [-0.2, -0.15) is 5.26 Å². The first kappa shape index (κ1) is 22.9. The topological polar surface area (TPSA) is 97.4 Å². The number of rotatable bonds is 8. The molecule has 0 aliphatic heterocycles. The fourth-order valence-corrected chi connectivity index (χ4v) is 3.01. The third-order valence-electron chi connectivity index (χ3n) is 4.59. The van der Waals surface area contributed by atoms with E-state index in [1.165, 1.54) is 11.6 Å². The molecule has 0 radical (unpaired) electrons. The summed E-state index contributed by atoms with van der Waals surface area (Å²) in [5, 5.41) is 15.9. The molecule has 0 spiro atoms. The lowest BCUT2D eigenvalue weighted by molar-refractivity contribution is -0.112. The van der Waals surface area contributed by atoms with E-state index in [0.29, 0.717) is 35.3 Å². The molecule has 3 rings (SSSR count). The van der Waals surface area contributed by atoms with Crippen molar-refractivity contribution in [3.8, 4) is 17.6 Å². The van der Waals surface area contributed by atoms with E-state index in [-0.39, 0.29) is 11.4 Å². The van der Waals surface area contributed by atoms with E-state index in [1.54, 1.807) is 31.2 Å². The van der Waals surface area contributed by atoms with E-state index in [4.69, 9.17) is 25.6 Å². The fourth-order valence-electron chi connectivity index (χ4n) is 2.76. The van der Waals surface area contributed by atoms with Crippen LogP contribution in [0.4, 0.5) is 5.82 Å². The summed E-state index contributed by atoms with van der Waals surface area (Å²) in [6, 6.07) is 14.3. The lowest BCUT2D eigenvalue weighted by Crippen LogP contribution is -2.13. The van der Waals surface area contributed by atoms with Crippen molar-refractivity contribution in [2.24, 2.45) is 0 Å². The van der Waals surface area contributed by atoms with Crippen molar-refractivity contribution in [1.82, 2.24) is 5.16 Å². The molecule has 0 aliphatic rings. The minimum absolute atomic E-state index is 0.0998. The van der Waals surface area contributed by atoms with E-state index in [0.717, 1.165) is 11.3 Å². The molecule has 0 fully saturated rings. The number of nitriles is 1. The number of carbonyl (C=O) groups excluding carboxylic acids is 1. The predicted octanol–water partition coefficient (Wildman–Crippen LogP) is 5.26. The summed E-state index contributed by atoms with van der Waals surface area (Å²) in [6.45, 7) is 6.45. The Hall–Kier alpha value is -3.76. The van der Waals surface area contributed by atoms with Gasteiger partial charge in [0.1, 0.15) is 42.1 Å². The molecule has 32 heavy (non-hydrogen) atoms. The third kappa shape index (κ3) is 6.13. The lowest BCUT2D eigenvalue weighted by Gasteiger charge is -2.11. The van der Waals surface area contributed by atoms with Gasteiger partial charge in [-0.05, 0) is 67.8 Å². The molecule has 164 valence electrons. The Morgan fingerprint density at radius 2 is 1.91 bits per heavy atom. The Morgan fingerprint density at radius 1 is 1.12 bits per heavy atom. The Kier molecular flexibility index (Phi) is 7.53. The SMILES string of the molecule is Cc1cc(NC(=O)/C(C#N)=C\c2ccc(OCCOc3ccc(C)c(C)c3)c(Cl)c2)no1. The number of anilines is 1. The zero-order valence-corrected chi connectivity index (χ0v) is 18.7. The number of amides is 1. The maximum absolute atomic E-state index is 12.3. The van der Waals surface area contributed by atoms with E-state index in [2.05, 4.69) is 10.5 Å². The molecule has 8 heteroatoms. The van der Waals surface area contributed by atoms with Crippen molar-refractivity contribution < 1.29 is 18.8 Å². The van der Waals surface area contributed by atoms with Gasteiger partial charge in [0, 0.05) is 6.07 Å². The summed E-state index contributed by atoms with van der Waals surface area (Å²) in [4.78, 5) is 12.3. The number of benzene rings is 2. The second-order valence-corrected chi connectivity index (χ2v) is 7.49. The van der Waals surface area contributed by atoms with Gasteiger partial charge in [0.15, 0.2) is 5.82 Å². The number of halogens is 1. The first-order valence-electron chi connectivity index (χ1n) is 9.84. The highest BCUT2D eigenvalue weighted by Gasteiger charge is 2.12. The molecule has 0 bridgehead atoms. The van der Waals surface area contributed by atoms with Crippen molar-refractivity contribution in [2.45, 2.75) is 20.8 Å². The first-order valence-corrected chi connectivity index (χ1v) is 10.2. The molecule has 0 atom stereocenters. The lowest BCUT2D eigenvalue weighted by atomic mass is 10.1. The van der Waals surface area contributed by atoms with Crippen molar-refractivity contribution in [3.63, 3.8) is 0 Å². The first-order chi connectivity index (χ1) is 15.4. The average molecular weight is 452 g/mol. The molecule has 0 saturated carbocycles. The summed E-state index contributed by atoms with van der Waals surface area (Å²) < 4.78 is 16.3. The smallest absolute Gasteiger partial charge is 0.267 e. The van der Waals surface area contributed by atoms with Crippen molar-refractivity contribution >= 4 is 29.4 Å². The highest BCUT2D eigenvalue weighted by molar-refractivity contribution is 6.32. The van der Waals surface area contributed by atoms with Crippen LogP contribution in [0.15, 0.2) is 52.6 Å². The van der Waals surface area contributed by atoms with Crippen molar-refractivity contribution in [2.75, 3.05) is 18.5 Å². The molecular formula is C24H22ClN3O4. The Morgan fingerprint density at radius 3 is 2.56 bits per heavy atom. The van der Waals surface area contributed by atoms with Crippen LogP contribution in [0.25, 0.3) is 6.08 Å². The second-order valence-electron chi connectivity index (χ2n) is 7.08. The van der Waals surface area contributed by atoms with Gasteiger partial charge in [0.2, 0.25) is 0 Å². The quantitative estimate of drug-likeness (QED) is 0.285. The van der Waals surface area contributed by atoms with Crippen LogP contribution in [0.1, 0.15) is 22.5 Å². The number of nitrogens with one attached hydrogen (secondary N) is 1. The van der Waals surface area contributed by atoms with E-state index in [9.17, 15) is 10.1 Å². The number of aryl methyl sites for hydroxylation is 3. The molecule has 1 aromatic heterocycles. The van der Waals surface area contributed by atoms with Gasteiger partial charge in [-0.15, -0.1) is 0 Å². The summed E-state index contributed by atoms with van der Waals surface area (Å²) in [5.41, 5.74) is 2.85. The number of nitrogens with zero attached hydrogens (tertiary/aromatic N) is 2. The summed E-state index contributed by atoms with van der Waals surface area (Å²) >= 11 is 6.30. The zero-order chi connectivity index (χ0) is 23.1. The molecular weight excluding hydrogens is 430 g/mol. The molecule has 0 unspecified atom stereocenters. The third-order valence-corrected chi connectivity index (χ3v) is 4.88. The average Bonchev–Trinajstić information content (AvgIpc) is 3.17. The van der Waals surface area contributed by atoms with Gasteiger partial charge >= 0.3 is 0 Å². The predicted molar refractivity (Wildman–Crippen MR) is 122 cm³/mol. The van der Waals surface area contributed by atoms with Crippen molar-refractivity contribution in [1.29, 1.82) is 5.26 Å². The van der Waals surface area contributed by atoms with E-state index in [1.807, 2.05) is 38.1 Å². The monoisotopic (exact) mass is 451 g/mol. The van der Waals surface area contributed by atoms with E-state index < -0.39 is 5.91 Å². The maximum atomic E-state index is 12.3. The fraction of sp³-hybridized carbons (Fsp3) is 0.208. The second kappa shape index (κ2) is 10.5. The molecule has 1 amide bonds. The van der Waals surface area contributed by atoms with Crippen LogP contribution in [0.3, 0.4) is 0 Å². The Balaban J connectivity index is 1.57. The number of aromatic nitrogens is 1. The van der Waals surface area contributed by atoms with Gasteiger partial charge in [-0.3, -0.25) is 4.79 Å². The molecule has 7 nitrogen and oxygen atoms in total. The van der Waals surface area contributed by atoms with Gasteiger partial charge in [-0.1, -0.05) is 28.9 Å². The summed E-state index contributed by atoms with van der Waals surface area (Å²) in [5.74, 6) is 1.45. The number of carbonyl (C=O) groups is 1. The van der Waals surface area contributed by atoms with Gasteiger partial charge in [0.25, 0.3) is 5.91 Å².